The van der Waals surface area contributed by atoms with Crippen LogP contribution in [0.4, 0.5) is 58.9 Å². The first-order chi connectivity index (χ1) is 34.4. The molecule has 4 unspecified atom stereocenters. The van der Waals surface area contributed by atoms with Gasteiger partial charge in [0.1, 0.15) is 11.3 Å². The molecule has 4 aliphatic rings. The summed E-state index contributed by atoms with van der Waals surface area (Å²) in [6.45, 7) is 0. The molecule has 8 aromatic carbocycles. The maximum Gasteiger partial charge on any atom is 0.422 e. The fourth-order valence-electron chi connectivity index (χ4n) is 12.0. The van der Waals surface area contributed by atoms with Crippen LogP contribution in [0.1, 0.15) is 74.2 Å². The van der Waals surface area contributed by atoms with Gasteiger partial charge in [-0.05, 0) is 94.5 Å². The van der Waals surface area contributed by atoms with E-state index in [1.165, 1.54) is 0 Å². The minimum Gasteiger partial charge on any atom is -0.331 e. The summed E-state index contributed by atoms with van der Waals surface area (Å²) in [6, 6.07) is 71.6. The Hall–Kier alpha value is -8.10. The van der Waals surface area contributed by atoms with Gasteiger partial charge < -0.3 is 19.6 Å². The van der Waals surface area contributed by atoms with E-state index in [2.05, 4.69) is 82.6 Å². The summed E-state index contributed by atoms with van der Waals surface area (Å²) in [5.41, 5.74) is 11.0. The third kappa shape index (κ3) is 6.87. The fraction of sp³-hybridized carbons (Fsp3) is 0.145. The van der Waals surface area contributed by atoms with Crippen molar-refractivity contribution in [3.05, 3.63) is 268 Å². The van der Waals surface area contributed by atoms with Crippen LogP contribution < -0.4 is 19.6 Å². The highest BCUT2D eigenvalue weighted by Crippen LogP contribution is 2.64. The molecule has 0 N–H and O–H groups in total. The van der Waals surface area contributed by atoms with Crippen molar-refractivity contribution in [2.24, 2.45) is 0 Å². The molecule has 4 atom stereocenters. The highest BCUT2D eigenvalue weighted by atomic mass is 19.4. The van der Waals surface area contributed by atoms with Gasteiger partial charge in [0, 0.05) is 22.7 Å². The van der Waals surface area contributed by atoms with Crippen LogP contribution in [-0.2, 0) is 31.9 Å². The van der Waals surface area contributed by atoms with Crippen LogP contribution in [0.5, 0.6) is 0 Å². The maximum atomic E-state index is 17.8. The van der Waals surface area contributed by atoms with Gasteiger partial charge in [-0.2, -0.15) is 13.2 Å². The lowest BCUT2D eigenvalue weighted by atomic mass is 9.98. The molecule has 1 aromatic heterocycles. The Morgan fingerprint density at radius 1 is 0.314 bits per heavy atom. The number of fused-ring (bicyclic) bond motifs is 4. The van der Waals surface area contributed by atoms with Gasteiger partial charge in [0.15, 0.2) is 11.6 Å². The highest BCUT2D eigenvalue weighted by molar-refractivity contribution is 5.99. The van der Waals surface area contributed by atoms with E-state index in [1.807, 2.05) is 155 Å². The first-order valence-electron chi connectivity index (χ1n) is 24.2. The van der Waals surface area contributed by atoms with E-state index in [1.54, 1.807) is 0 Å². The Labute approximate surface area is 406 Å². The van der Waals surface area contributed by atoms with Crippen LogP contribution in [0.15, 0.2) is 218 Å². The van der Waals surface area contributed by atoms with Crippen molar-refractivity contribution in [1.29, 1.82) is 0 Å². The lowest BCUT2D eigenvalue weighted by molar-refractivity contribution is -0.136. The molecule has 8 heteroatoms. The molecular formula is C62H48F3N5. The van der Waals surface area contributed by atoms with E-state index in [-0.39, 0.29) is 23.6 Å². The second-order valence-electron chi connectivity index (χ2n) is 18.8. The first kappa shape index (κ1) is 42.0. The number of pyridine rings is 1. The van der Waals surface area contributed by atoms with E-state index >= 15 is 13.2 Å². The van der Waals surface area contributed by atoms with Gasteiger partial charge in [0.25, 0.3) is 0 Å². The minimum atomic E-state index is -4.90. The van der Waals surface area contributed by atoms with Crippen molar-refractivity contribution in [1.82, 2.24) is 4.98 Å². The SMILES string of the molecule is FC(F)(F)c1c(N2c3ccccc3CC2c2ccccc2)nc(N2c3ccccc3CC2c2ccccc2)c(N2c3ccccc3CC2c2ccccc2)c1N1c2ccccc2CC1c1ccccc1. The molecule has 0 spiro atoms. The number of para-hydroxylation sites is 4. The standard InChI is InChI=1S/C62H48F3N5/c63-62(64,65)57-58(67-49-33-17-13-29-45(49)37-53(67)41-21-5-1-6-22-41)59(68-50-34-18-14-30-46(50)38-54(68)42-23-7-2-8-24-42)61(70-52-36-20-16-32-48(52)40-56(70)44-27-11-4-12-28-44)66-60(57)69-51-35-19-15-31-47(51)39-55(69)43-25-9-3-10-26-43/h1-36,53-56H,37-40H2. The number of hydrogen-bond donors (Lipinski definition) is 0. The predicted octanol–water partition coefficient (Wildman–Crippen LogP) is 15.8. The number of halogens is 3. The van der Waals surface area contributed by atoms with Crippen LogP contribution in [0.25, 0.3) is 0 Å². The van der Waals surface area contributed by atoms with Gasteiger partial charge >= 0.3 is 6.18 Å². The number of aromatic nitrogens is 1. The fourth-order valence-corrected chi connectivity index (χ4v) is 12.0. The number of hydrogen-bond acceptors (Lipinski definition) is 5. The summed E-state index contributed by atoms with van der Waals surface area (Å²) in [4.78, 5) is 14.2. The number of anilines is 8. The molecule has 4 aliphatic heterocycles. The Bertz CT molecular complexity index is 3380. The van der Waals surface area contributed by atoms with Crippen molar-refractivity contribution in [3.8, 4) is 0 Å². The molecule has 9 aromatic rings. The molecule has 0 radical (unpaired) electrons. The van der Waals surface area contributed by atoms with E-state index in [9.17, 15) is 0 Å². The Balaban J connectivity index is 1.23. The molecule has 342 valence electrons. The summed E-state index contributed by atoms with van der Waals surface area (Å²) >= 11 is 0. The topological polar surface area (TPSA) is 25.9 Å². The lowest BCUT2D eigenvalue weighted by Gasteiger charge is -2.42. The largest absolute Gasteiger partial charge is 0.422 e. The zero-order valence-corrected chi connectivity index (χ0v) is 38.3. The summed E-state index contributed by atoms with van der Waals surface area (Å²) in [5, 5.41) is 0. The van der Waals surface area contributed by atoms with Crippen LogP contribution in [0, 0.1) is 0 Å². The van der Waals surface area contributed by atoms with Crippen LogP contribution in [-0.4, -0.2) is 4.98 Å². The van der Waals surface area contributed by atoms with E-state index < -0.39 is 23.8 Å². The molecule has 0 bridgehead atoms. The normalized spacial score (nSPS) is 19.0. The lowest BCUT2D eigenvalue weighted by Crippen LogP contribution is -2.34. The molecule has 5 heterocycles. The number of alkyl halides is 3. The van der Waals surface area contributed by atoms with E-state index in [0.29, 0.717) is 37.2 Å². The number of nitrogens with zero attached hydrogens (tertiary/aromatic N) is 5. The van der Waals surface area contributed by atoms with Crippen LogP contribution in [0.2, 0.25) is 0 Å². The maximum absolute atomic E-state index is 17.8. The molecule has 0 fully saturated rings. The van der Waals surface area contributed by atoms with Crippen LogP contribution in [0.3, 0.4) is 0 Å². The van der Waals surface area contributed by atoms with Crippen molar-refractivity contribution >= 4 is 45.8 Å². The molecule has 0 saturated carbocycles. The van der Waals surface area contributed by atoms with Gasteiger partial charge in [-0.25, -0.2) is 4.98 Å². The van der Waals surface area contributed by atoms with Gasteiger partial charge in [-0.15, -0.1) is 0 Å². The quantitative estimate of drug-likeness (QED) is 0.151. The second-order valence-corrected chi connectivity index (χ2v) is 18.8. The molecular weight excluding hydrogens is 872 g/mol. The summed E-state index contributed by atoms with van der Waals surface area (Å²) in [6.07, 6.45) is -2.63. The average molecular weight is 920 g/mol. The third-order valence-corrected chi connectivity index (χ3v) is 15.0. The van der Waals surface area contributed by atoms with Gasteiger partial charge in [-0.1, -0.05) is 194 Å². The van der Waals surface area contributed by atoms with Crippen LogP contribution >= 0.6 is 0 Å². The zero-order chi connectivity index (χ0) is 46.9. The van der Waals surface area contributed by atoms with Crippen molar-refractivity contribution in [2.45, 2.75) is 56.0 Å². The Kier molecular flexibility index (Phi) is 10.1. The van der Waals surface area contributed by atoms with Gasteiger partial charge in [0.05, 0.1) is 29.9 Å². The van der Waals surface area contributed by atoms with E-state index in [0.717, 1.165) is 67.3 Å². The Morgan fingerprint density at radius 3 is 0.929 bits per heavy atom. The number of rotatable bonds is 8. The van der Waals surface area contributed by atoms with Crippen molar-refractivity contribution in [2.75, 3.05) is 19.6 Å². The summed E-state index contributed by atoms with van der Waals surface area (Å²) in [7, 11) is 0. The first-order valence-corrected chi connectivity index (χ1v) is 24.2. The summed E-state index contributed by atoms with van der Waals surface area (Å²) < 4.78 is 53.3. The predicted molar refractivity (Wildman–Crippen MR) is 275 cm³/mol. The summed E-state index contributed by atoms with van der Waals surface area (Å²) in [5.74, 6) is 0.359. The molecule has 70 heavy (non-hydrogen) atoms. The second kappa shape index (κ2) is 16.8. The van der Waals surface area contributed by atoms with Crippen molar-refractivity contribution in [3.63, 3.8) is 0 Å². The highest BCUT2D eigenvalue weighted by Gasteiger charge is 2.51. The van der Waals surface area contributed by atoms with E-state index in [4.69, 9.17) is 4.98 Å². The Morgan fingerprint density at radius 2 is 0.586 bits per heavy atom. The molecule has 0 amide bonds. The third-order valence-electron chi connectivity index (χ3n) is 15.0. The molecule has 0 aliphatic carbocycles. The number of benzene rings is 8. The monoisotopic (exact) mass is 919 g/mol. The smallest absolute Gasteiger partial charge is 0.331 e. The zero-order valence-electron chi connectivity index (χ0n) is 38.3. The molecule has 0 saturated heterocycles. The minimum absolute atomic E-state index is 0.0938. The van der Waals surface area contributed by atoms with Gasteiger partial charge in [-0.3, -0.25) is 0 Å². The molecule has 13 rings (SSSR count). The van der Waals surface area contributed by atoms with Crippen molar-refractivity contribution < 1.29 is 13.2 Å². The average Bonchev–Trinajstić information content (AvgIpc) is 4.19. The molecule has 5 nitrogen and oxygen atoms in total. The van der Waals surface area contributed by atoms with Gasteiger partial charge in [0.2, 0.25) is 0 Å².